The fraction of sp³-hybridized carbons (Fsp3) is 0.889. The summed E-state index contributed by atoms with van der Waals surface area (Å²) in [5.74, 6) is -0.115. The lowest BCUT2D eigenvalue weighted by molar-refractivity contribution is -0.131. The second-order valence-electron chi connectivity index (χ2n) is 3.92. The first-order valence-corrected chi connectivity index (χ1v) is 7.04. The van der Waals surface area contributed by atoms with Crippen LogP contribution in [0, 0.1) is 0 Å². The molecule has 94 valence electrons. The van der Waals surface area contributed by atoms with E-state index in [1.165, 1.54) is 7.11 Å². The van der Waals surface area contributed by atoms with Crippen LogP contribution in [0.1, 0.15) is 12.8 Å². The van der Waals surface area contributed by atoms with E-state index in [2.05, 4.69) is 5.32 Å². The molecule has 1 aliphatic rings. The maximum atomic E-state index is 11.6. The maximum Gasteiger partial charge on any atom is 0.250 e. The normalized spacial score (nSPS) is 26.0. The molecule has 6 nitrogen and oxygen atoms in total. The van der Waals surface area contributed by atoms with Gasteiger partial charge in [-0.2, -0.15) is 0 Å². The van der Waals surface area contributed by atoms with Crippen molar-refractivity contribution in [2.24, 2.45) is 5.73 Å². The highest BCUT2D eigenvalue weighted by Crippen LogP contribution is 2.12. The number of hydrogen-bond acceptors (Lipinski definition) is 5. The van der Waals surface area contributed by atoms with Crippen LogP contribution in [-0.2, 0) is 19.4 Å². The van der Waals surface area contributed by atoms with E-state index >= 15 is 0 Å². The number of nitrogens with two attached hydrogens (primary N) is 1. The summed E-state index contributed by atoms with van der Waals surface area (Å²) in [5, 5.41) is 2.65. The van der Waals surface area contributed by atoms with Gasteiger partial charge in [0, 0.05) is 19.7 Å². The van der Waals surface area contributed by atoms with Crippen LogP contribution < -0.4 is 11.1 Å². The Morgan fingerprint density at radius 2 is 2.31 bits per heavy atom. The molecule has 1 saturated heterocycles. The summed E-state index contributed by atoms with van der Waals surface area (Å²) in [6.07, 6.45) is 0.573. The largest absolute Gasteiger partial charge is 0.370 e. The Morgan fingerprint density at radius 1 is 1.62 bits per heavy atom. The van der Waals surface area contributed by atoms with Gasteiger partial charge in [0.1, 0.15) is 6.10 Å². The van der Waals surface area contributed by atoms with Gasteiger partial charge in [-0.3, -0.25) is 4.79 Å². The molecule has 0 aromatic carbocycles. The third-order valence-corrected chi connectivity index (χ3v) is 4.42. The molecule has 0 aliphatic carbocycles. The summed E-state index contributed by atoms with van der Waals surface area (Å²) in [7, 11) is -1.61. The molecule has 1 fully saturated rings. The van der Waals surface area contributed by atoms with Gasteiger partial charge >= 0.3 is 0 Å². The standard InChI is InChI=1S/C9H18N2O4S/c1-15-8(5-10)9(12)11-7-3-2-4-16(13,14)6-7/h7-8H,2-6,10H2,1H3,(H,11,12). The Labute approximate surface area is 95.4 Å². The minimum absolute atomic E-state index is 0.0136. The van der Waals surface area contributed by atoms with Crippen molar-refractivity contribution in [1.82, 2.24) is 5.32 Å². The lowest BCUT2D eigenvalue weighted by atomic mass is 10.2. The van der Waals surface area contributed by atoms with Crippen LogP contribution in [0.4, 0.5) is 0 Å². The van der Waals surface area contributed by atoms with E-state index in [4.69, 9.17) is 10.5 Å². The Kier molecular flexibility index (Phi) is 4.69. The van der Waals surface area contributed by atoms with E-state index in [9.17, 15) is 13.2 Å². The van der Waals surface area contributed by atoms with Gasteiger partial charge < -0.3 is 15.8 Å². The first kappa shape index (κ1) is 13.4. The van der Waals surface area contributed by atoms with Gasteiger partial charge in [-0.05, 0) is 12.8 Å². The van der Waals surface area contributed by atoms with Crippen molar-refractivity contribution in [3.8, 4) is 0 Å². The van der Waals surface area contributed by atoms with E-state index in [0.717, 1.165) is 0 Å². The average Bonchev–Trinajstić information content (AvgIpc) is 2.17. The van der Waals surface area contributed by atoms with Crippen molar-refractivity contribution in [3.63, 3.8) is 0 Å². The number of carbonyl (C=O) groups is 1. The molecule has 1 aliphatic heterocycles. The van der Waals surface area contributed by atoms with Crippen molar-refractivity contribution in [3.05, 3.63) is 0 Å². The molecule has 1 rings (SSSR count). The van der Waals surface area contributed by atoms with Crippen molar-refractivity contribution < 1.29 is 17.9 Å². The van der Waals surface area contributed by atoms with Crippen LogP contribution in [0.5, 0.6) is 0 Å². The molecule has 1 amide bonds. The highest BCUT2D eigenvalue weighted by molar-refractivity contribution is 7.91. The quantitative estimate of drug-likeness (QED) is 0.643. The summed E-state index contributed by atoms with van der Waals surface area (Å²) >= 11 is 0. The molecule has 3 N–H and O–H groups in total. The van der Waals surface area contributed by atoms with Crippen molar-refractivity contribution >= 4 is 15.7 Å². The molecular formula is C9H18N2O4S. The summed E-state index contributed by atoms with van der Waals surface area (Å²) < 4.78 is 27.6. The second-order valence-corrected chi connectivity index (χ2v) is 6.15. The number of ether oxygens (including phenoxy) is 1. The highest BCUT2D eigenvalue weighted by Gasteiger charge is 2.27. The maximum absolute atomic E-state index is 11.6. The summed E-state index contributed by atoms with van der Waals surface area (Å²) in [6, 6.07) is -0.310. The molecule has 1 heterocycles. The lowest BCUT2D eigenvalue weighted by Crippen LogP contribution is -2.49. The summed E-state index contributed by atoms with van der Waals surface area (Å²) in [6.45, 7) is 0.0851. The highest BCUT2D eigenvalue weighted by atomic mass is 32.2. The van der Waals surface area contributed by atoms with Crippen LogP contribution in [0.25, 0.3) is 0 Å². The van der Waals surface area contributed by atoms with Crippen LogP contribution >= 0.6 is 0 Å². The van der Waals surface area contributed by atoms with E-state index in [1.54, 1.807) is 0 Å². The summed E-state index contributed by atoms with van der Waals surface area (Å²) in [5.41, 5.74) is 5.34. The second kappa shape index (κ2) is 5.60. The van der Waals surface area contributed by atoms with Gasteiger partial charge in [0.2, 0.25) is 0 Å². The predicted octanol–water partition coefficient (Wildman–Crippen LogP) is -1.35. The number of nitrogens with one attached hydrogen (secondary N) is 1. The SMILES string of the molecule is COC(CN)C(=O)NC1CCCS(=O)(=O)C1. The smallest absolute Gasteiger partial charge is 0.250 e. The zero-order valence-electron chi connectivity index (χ0n) is 9.31. The topological polar surface area (TPSA) is 98.5 Å². The number of sulfone groups is 1. The third-order valence-electron chi connectivity index (χ3n) is 2.60. The molecule has 0 bridgehead atoms. The number of amides is 1. The van der Waals surface area contributed by atoms with Crippen LogP contribution in [-0.4, -0.2) is 51.6 Å². The van der Waals surface area contributed by atoms with Crippen molar-refractivity contribution in [1.29, 1.82) is 0 Å². The van der Waals surface area contributed by atoms with E-state index < -0.39 is 15.9 Å². The van der Waals surface area contributed by atoms with Gasteiger partial charge in [0.15, 0.2) is 9.84 Å². The van der Waals surface area contributed by atoms with Crippen molar-refractivity contribution in [2.45, 2.75) is 25.0 Å². The molecule has 0 aromatic heterocycles. The Balaban J connectivity index is 2.51. The van der Waals surface area contributed by atoms with E-state index in [1.807, 2.05) is 0 Å². The Bertz CT molecular complexity index is 337. The third kappa shape index (κ3) is 3.73. The first-order valence-electron chi connectivity index (χ1n) is 5.22. The molecule has 0 radical (unpaired) electrons. The molecule has 0 aromatic rings. The molecular weight excluding hydrogens is 232 g/mol. The zero-order valence-corrected chi connectivity index (χ0v) is 10.1. The fourth-order valence-corrected chi connectivity index (χ4v) is 3.38. The molecule has 0 saturated carbocycles. The number of methoxy groups -OCH3 is 1. The first-order chi connectivity index (χ1) is 7.48. The molecule has 0 spiro atoms. The van der Waals surface area contributed by atoms with Gasteiger partial charge in [-0.25, -0.2) is 8.42 Å². The van der Waals surface area contributed by atoms with Crippen LogP contribution in [0.2, 0.25) is 0 Å². The molecule has 7 heteroatoms. The van der Waals surface area contributed by atoms with Gasteiger partial charge in [0.05, 0.1) is 11.5 Å². The van der Waals surface area contributed by atoms with Gasteiger partial charge in [-0.1, -0.05) is 0 Å². The number of rotatable bonds is 4. The summed E-state index contributed by atoms with van der Waals surface area (Å²) in [4.78, 5) is 11.6. The number of hydrogen-bond donors (Lipinski definition) is 2. The molecule has 2 atom stereocenters. The van der Waals surface area contributed by atoms with Gasteiger partial charge in [-0.15, -0.1) is 0 Å². The van der Waals surface area contributed by atoms with Crippen LogP contribution in [0.15, 0.2) is 0 Å². The minimum Gasteiger partial charge on any atom is -0.370 e. The average molecular weight is 250 g/mol. The predicted molar refractivity (Wildman–Crippen MR) is 59.7 cm³/mol. The minimum atomic E-state index is -3.00. The number of carbonyl (C=O) groups excluding carboxylic acids is 1. The zero-order chi connectivity index (χ0) is 12.2. The Hall–Kier alpha value is -0.660. The molecule has 2 unspecified atom stereocenters. The van der Waals surface area contributed by atoms with E-state index in [-0.39, 0.29) is 30.0 Å². The van der Waals surface area contributed by atoms with Crippen LogP contribution in [0.3, 0.4) is 0 Å². The molecule has 16 heavy (non-hydrogen) atoms. The van der Waals surface area contributed by atoms with Crippen molar-refractivity contribution in [2.75, 3.05) is 25.2 Å². The Morgan fingerprint density at radius 3 is 2.81 bits per heavy atom. The van der Waals surface area contributed by atoms with E-state index in [0.29, 0.717) is 12.8 Å². The fourth-order valence-electron chi connectivity index (χ4n) is 1.74. The van der Waals surface area contributed by atoms with Gasteiger partial charge in [0.25, 0.3) is 5.91 Å². The monoisotopic (exact) mass is 250 g/mol. The lowest BCUT2D eigenvalue weighted by Gasteiger charge is -2.24.